The minimum atomic E-state index is -0.682. The summed E-state index contributed by atoms with van der Waals surface area (Å²) in [5.74, 6) is -0.448. The topological polar surface area (TPSA) is 61.2 Å². The largest absolute Gasteiger partial charge is 0.464 e. The fraction of sp³-hybridized carbons (Fsp3) is 0.500. The highest BCUT2D eigenvalue weighted by atomic mass is 16.5. The lowest BCUT2D eigenvalue weighted by atomic mass is 10.3. The van der Waals surface area contributed by atoms with E-state index < -0.39 is 12.0 Å². The van der Waals surface area contributed by atoms with Crippen LogP contribution in [-0.2, 0) is 9.53 Å². The Kier molecular flexibility index (Phi) is 3.60. The average Bonchev–Trinajstić information content (AvgIpc) is 2.17. The fourth-order valence-corrected chi connectivity index (χ4v) is 1.16. The molecule has 0 aliphatic carbocycles. The van der Waals surface area contributed by atoms with Crippen molar-refractivity contribution >= 4 is 5.97 Å². The molecule has 0 amide bonds. The summed E-state index contributed by atoms with van der Waals surface area (Å²) >= 11 is 0. The third-order valence-corrected chi connectivity index (χ3v) is 1.96. The van der Waals surface area contributed by atoms with E-state index >= 15 is 0 Å². The molecule has 0 radical (unpaired) electrons. The van der Waals surface area contributed by atoms with Crippen LogP contribution >= 0.6 is 0 Å². The predicted molar refractivity (Wildman–Crippen MR) is 54.6 cm³/mol. The molecule has 1 aromatic heterocycles. The first-order valence-electron chi connectivity index (χ1n) is 4.78. The highest BCUT2D eigenvalue weighted by Gasteiger charge is 2.17. The molecule has 0 fully saturated rings. The molecule has 5 heteroatoms. The van der Waals surface area contributed by atoms with E-state index in [2.05, 4.69) is 5.10 Å². The molecular weight excluding hydrogens is 196 g/mol. The zero-order chi connectivity index (χ0) is 11.4. The van der Waals surface area contributed by atoms with E-state index in [0.717, 1.165) is 10.2 Å². The molecule has 15 heavy (non-hydrogen) atoms. The van der Waals surface area contributed by atoms with Crippen LogP contribution in [0.5, 0.6) is 0 Å². The van der Waals surface area contributed by atoms with Crippen molar-refractivity contribution in [2.24, 2.45) is 0 Å². The Morgan fingerprint density at radius 1 is 1.67 bits per heavy atom. The monoisotopic (exact) mass is 210 g/mol. The van der Waals surface area contributed by atoms with E-state index in [1.807, 2.05) is 0 Å². The van der Waals surface area contributed by atoms with Crippen molar-refractivity contribution in [2.75, 3.05) is 6.61 Å². The van der Waals surface area contributed by atoms with Gasteiger partial charge in [-0.05, 0) is 26.3 Å². The standard InChI is InChI=1S/C10H14N2O3/c1-4-15-10(14)8(3)12-9(13)5-7(2)6-11-12/h5-6,8H,4H2,1-3H3. The summed E-state index contributed by atoms with van der Waals surface area (Å²) in [5, 5.41) is 3.88. The van der Waals surface area contributed by atoms with Gasteiger partial charge in [0, 0.05) is 6.07 Å². The number of carbonyl (C=O) groups is 1. The number of ether oxygens (including phenoxy) is 1. The zero-order valence-corrected chi connectivity index (χ0v) is 9.06. The Morgan fingerprint density at radius 2 is 2.33 bits per heavy atom. The number of aromatic nitrogens is 2. The highest BCUT2D eigenvalue weighted by molar-refractivity contribution is 5.73. The second kappa shape index (κ2) is 4.72. The summed E-state index contributed by atoms with van der Waals surface area (Å²) in [7, 11) is 0. The first kappa shape index (κ1) is 11.4. The van der Waals surface area contributed by atoms with E-state index in [9.17, 15) is 9.59 Å². The van der Waals surface area contributed by atoms with E-state index in [1.165, 1.54) is 12.3 Å². The normalized spacial score (nSPS) is 12.2. The molecule has 1 unspecified atom stereocenters. The first-order chi connectivity index (χ1) is 7.06. The summed E-state index contributed by atoms with van der Waals surface area (Å²) in [5.41, 5.74) is 0.475. The van der Waals surface area contributed by atoms with Gasteiger partial charge in [0.1, 0.15) is 0 Å². The van der Waals surface area contributed by atoms with Crippen molar-refractivity contribution in [3.8, 4) is 0 Å². The minimum Gasteiger partial charge on any atom is -0.464 e. The van der Waals surface area contributed by atoms with Crippen LogP contribution in [0.2, 0.25) is 0 Å². The van der Waals surface area contributed by atoms with E-state index in [0.29, 0.717) is 6.61 Å². The van der Waals surface area contributed by atoms with Crippen molar-refractivity contribution in [1.82, 2.24) is 9.78 Å². The van der Waals surface area contributed by atoms with Gasteiger partial charge in [0.05, 0.1) is 12.8 Å². The molecule has 0 aromatic carbocycles. The van der Waals surface area contributed by atoms with Crippen molar-refractivity contribution < 1.29 is 9.53 Å². The Bertz CT molecular complexity index is 411. The van der Waals surface area contributed by atoms with Gasteiger partial charge in [-0.25, -0.2) is 9.48 Å². The molecular formula is C10H14N2O3. The van der Waals surface area contributed by atoms with Gasteiger partial charge < -0.3 is 4.74 Å². The third-order valence-electron chi connectivity index (χ3n) is 1.96. The zero-order valence-electron chi connectivity index (χ0n) is 9.06. The van der Waals surface area contributed by atoms with Crippen LogP contribution in [0.25, 0.3) is 0 Å². The smallest absolute Gasteiger partial charge is 0.330 e. The number of esters is 1. The predicted octanol–water partition coefficient (Wildman–Crippen LogP) is 0.676. The Morgan fingerprint density at radius 3 is 2.87 bits per heavy atom. The maximum atomic E-state index is 11.5. The lowest BCUT2D eigenvalue weighted by Crippen LogP contribution is -2.31. The molecule has 5 nitrogen and oxygen atoms in total. The molecule has 0 saturated carbocycles. The van der Waals surface area contributed by atoms with Gasteiger partial charge in [-0.15, -0.1) is 0 Å². The van der Waals surface area contributed by atoms with Crippen LogP contribution in [0.15, 0.2) is 17.1 Å². The average molecular weight is 210 g/mol. The fourth-order valence-electron chi connectivity index (χ4n) is 1.16. The number of carbonyl (C=O) groups excluding carboxylic acids is 1. The molecule has 0 aliphatic heterocycles. The molecule has 0 saturated heterocycles. The third kappa shape index (κ3) is 2.65. The van der Waals surface area contributed by atoms with Crippen LogP contribution in [0.1, 0.15) is 25.5 Å². The van der Waals surface area contributed by atoms with Crippen LogP contribution in [0, 0.1) is 6.92 Å². The van der Waals surface area contributed by atoms with E-state index in [4.69, 9.17) is 4.74 Å². The highest BCUT2D eigenvalue weighted by Crippen LogP contribution is 2.02. The van der Waals surface area contributed by atoms with Gasteiger partial charge in [-0.1, -0.05) is 0 Å². The van der Waals surface area contributed by atoms with Gasteiger partial charge >= 0.3 is 5.97 Å². The van der Waals surface area contributed by atoms with Gasteiger partial charge in [-0.2, -0.15) is 5.10 Å². The lowest BCUT2D eigenvalue weighted by Gasteiger charge is -2.11. The summed E-state index contributed by atoms with van der Waals surface area (Å²) in [6, 6.07) is 0.751. The number of nitrogens with zero attached hydrogens (tertiary/aromatic N) is 2. The van der Waals surface area contributed by atoms with Gasteiger partial charge in [0.25, 0.3) is 5.56 Å². The molecule has 0 bridgehead atoms. The number of aryl methyl sites for hydroxylation is 1. The molecule has 1 atom stereocenters. The van der Waals surface area contributed by atoms with Gasteiger partial charge in [0.15, 0.2) is 6.04 Å². The summed E-state index contributed by atoms with van der Waals surface area (Å²) in [4.78, 5) is 22.8. The molecule has 1 rings (SSSR count). The van der Waals surface area contributed by atoms with E-state index in [-0.39, 0.29) is 5.56 Å². The second-order valence-electron chi connectivity index (χ2n) is 3.24. The van der Waals surface area contributed by atoms with Gasteiger partial charge in [0.2, 0.25) is 0 Å². The van der Waals surface area contributed by atoms with Crippen LogP contribution in [0.4, 0.5) is 0 Å². The molecule has 1 heterocycles. The molecule has 1 aromatic rings. The summed E-state index contributed by atoms with van der Waals surface area (Å²) in [6.45, 7) is 5.37. The SMILES string of the molecule is CCOC(=O)C(C)n1ncc(C)cc1=O. The Balaban J connectivity index is 2.96. The second-order valence-corrected chi connectivity index (χ2v) is 3.24. The lowest BCUT2D eigenvalue weighted by molar-refractivity contribution is -0.147. The van der Waals surface area contributed by atoms with Crippen molar-refractivity contribution in [3.63, 3.8) is 0 Å². The quantitative estimate of drug-likeness (QED) is 0.688. The summed E-state index contributed by atoms with van der Waals surface area (Å²) in [6.07, 6.45) is 1.54. The number of rotatable bonds is 3. The van der Waals surface area contributed by atoms with Gasteiger partial charge in [-0.3, -0.25) is 4.79 Å². The number of hydrogen-bond donors (Lipinski definition) is 0. The van der Waals surface area contributed by atoms with Crippen LogP contribution < -0.4 is 5.56 Å². The van der Waals surface area contributed by atoms with Crippen molar-refractivity contribution in [2.45, 2.75) is 26.8 Å². The van der Waals surface area contributed by atoms with E-state index in [1.54, 1.807) is 20.8 Å². The molecule has 0 aliphatic rings. The molecule has 0 spiro atoms. The maximum Gasteiger partial charge on any atom is 0.330 e. The first-order valence-corrected chi connectivity index (χ1v) is 4.78. The summed E-state index contributed by atoms with van der Waals surface area (Å²) < 4.78 is 5.92. The minimum absolute atomic E-state index is 0.295. The molecule has 82 valence electrons. The Labute approximate surface area is 87.7 Å². The Hall–Kier alpha value is -1.65. The van der Waals surface area contributed by atoms with Crippen LogP contribution in [0.3, 0.4) is 0 Å². The number of hydrogen-bond acceptors (Lipinski definition) is 4. The van der Waals surface area contributed by atoms with Crippen molar-refractivity contribution in [1.29, 1.82) is 0 Å². The molecule has 0 N–H and O–H groups in total. The van der Waals surface area contributed by atoms with Crippen LogP contribution in [-0.4, -0.2) is 22.4 Å². The maximum absolute atomic E-state index is 11.5. The van der Waals surface area contributed by atoms with Crippen molar-refractivity contribution in [3.05, 3.63) is 28.2 Å².